The van der Waals surface area contributed by atoms with E-state index in [9.17, 15) is 8.42 Å². The molecule has 152 valence electrons. The Morgan fingerprint density at radius 3 is 2.39 bits per heavy atom. The van der Waals surface area contributed by atoms with Gasteiger partial charge in [-0.15, -0.1) is 0 Å². The second-order valence-electron chi connectivity index (χ2n) is 7.03. The molecule has 1 heterocycles. The largest absolute Gasteiger partial charge is 0.369 e. The van der Waals surface area contributed by atoms with Crippen molar-refractivity contribution in [3.8, 4) is 0 Å². The number of hydrogen-bond acceptors (Lipinski definition) is 5. The summed E-state index contributed by atoms with van der Waals surface area (Å²) >= 11 is 6.08. The number of halogens is 1. The summed E-state index contributed by atoms with van der Waals surface area (Å²) in [6.07, 6.45) is 1.67. The molecule has 1 aliphatic heterocycles. The van der Waals surface area contributed by atoms with Gasteiger partial charge < -0.3 is 4.90 Å². The molecule has 1 aliphatic rings. The number of rotatable bonds is 9. The van der Waals surface area contributed by atoms with E-state index >= 15 is 0 Å². The third-order valence-corrected chi connectivity index (χ3v) is 6.31. The first-order chi connectivity index (χ1) is 13.5. The molecular weight excluding hydrogens is 396 g/mol. The third-order valence-electron chi connectivity index (χ3n) is 4.86. The zero-order valence-electron chi connectivity index (χ0n) is 16.0. The quantitative estimate of drug-likeness (QED) is 0.454. The number of hydrogen-bond donors (Lipinski definition) is 0. The SMILES string of the molecule is O=S(=O)(Cc1ccccc1)OCCCCN1CCN(c2cccc(Cl)c2)CC1. The maximum atomic E-state index is 12.0. The monoisotopic (exact) mass is 422 g/mol. The summed E-state index contributed by atoms with van der Waals surface area (Å²) in [5.41, 5.74) is 1.92. The van der Waals surface area contributed by atoms with Crippen LogP contribution in [0.25, 0.3) is 0 Å². The maximum absolute atomic E-state index is 12.0. The number of nitrogens with zero attached hydrogens (tertiary/aromatic N) is 2. The van der Waals surface area contributed by atoms with E-state index in [2.05, 4.69) is 15.9 Å². The van der Waals surface area contributed by atoms with Crippen LogP contribution in [0, 0.1) is 0 Å². The lowest BCUT2D eigenvalue weighted by Crippen LogP contribution is -2.46. The lowest BCUT2D eigenvalue weighted by molar-refractivity contribution is 0.240. The Morgan fingerprint density at radius 1 is 0.929 bits per heavy atom. The van der Waals surface area contributed by atoms with E-state index < -0.39 is 10.1 Å². The van der Waals surface area contributed by atoms with Crippen molar-refractivity contribution in [2.45, 2.75) is 18.6 Å². The van der Waals surface area contributed by atoms with Crippen molar-refractivity contribution in [2.24, 2.45) is 0 Å². The van der Waals surface area contributed by atoms with Crippen LogP contribution in [-0.2, 0) is 20.1 Å². The van der Waals surface area contributed by atoms with Crippen molar-refractivity contribution >= 4 is 27.4 Å². The number of anilines is 1. The minimum atomic E-state index is -3.51. The maximum Gasteiger partial charge on any atom is 0.271 e. The minimum absolute atomic E-state index is 0.0701. The molecule has 0 spiro atoms. The van der Waals surface area contributed by atoms with Crippen LogP contribution in [0.3, 0.4) is 0 Å². The van der Waals surface area contributed by atoms with Gasteiger partial charge in [-0.2, -0.15) is 8.42 Å². The van der Waals surface area contributed by atoms with Crippen LogP contribution in [0.1, 0.15) is 18.4 Å². The zero-order valence-corrected chi connectivity index (χ0v) is 17.5. The van der Waals surface area contributed by atoms with Crippen LogP contribution >= 0.6 is 11.6 Å². The van der Waals surface area contributed by atoms with Crippen LogP contribution in [0.2, 0.25) is 5.02 Å². The smallest absolute Gasteiger partial charge is 0.271 e. The molecule has 3 rings (SSSR count). The van der Waals surface area contributed by atoms with E-state index in [1.54, 1.807) is 12.1 Å². The molecule has 0 bridgehead atoms. The summed E-state index contributed by atoms with van der Waals surface area (Å²) < 4.78 is 29.2. The molecule has 0 aromatic heterocycles. The third kappa shape index (κ3) is 6.78. The fraction of sp³-hybridized carbons (Fsp3) is 0.429. The van der Waals surface area contributed by atoms with E-state index in [-0.39, 0.29) is 12.4 Å². The Bertz CT molecular complexity index is 838. The fourth-order valence-electron chi connectivity index (χ4n) is 3.35. The lowest BCUT2D eigenvalue weighted by atomic mass is 10.2. The first kappa shape index (κ1) is 21.1. The average molecular weight is 423 g/mol. The second kappa shape index (κ2) is 10.3. The van der Waals surface area contributed by atoms with Gasteiger partial charge in [-0.05, 0) is 43.1 Å². The fourth-order valence-corrected chi connectivity index (χ4v) is 4.59. The highest BCUT2D eigenvalue weighted by atomic mass is 35.5. The molecule has 0 unspecified atom stereocenters. The van der Waals surface area contributed by atoms with Crippen molar-refractivity contribution in [1.29, 1.82) is 0 Å². The lowest BCUT2D eigenvalue weighted by Gasteiger charge is -2.36. The number of benzene rings is 2. The summed E-state index contributed by atoms with van der Waals surface area (Å²) in [5, 5.41) is 0.766. The molecule has 28 heavy (non-hydrogen) atoms. The predicted molar refractivity (Wildman–Crippen MR) is 114 cm³/mol. The van der Waals surface area contributed by atoms with Crippen molar-refractivity contribution in [3.05, 3.63) is 65.2 Å². The van der Waals surface area contributed by atoms with Gasteiger partial charge in [0.05, 0.1) is 6.61 Å². The van der Waals surface area contributed by atoms with Crippen molar-refractivity contribution < 1.29 is 12.6 Å². The van der Waals surface area contributed by atoms with Crippen molar-refractivity contribution in [3.63, 3.8) is 0 Å². The topological polar surface area (TPSA) is 49.9 Å². The molecule has 0 amide bonds. The first-order valence-corrected chi connectivity index (χ1v) is 11.6. The molecular formula is C21H27ClN2O3S. The van der Waals surface area contributed by atoms with Crippen LogP contribution in [-0.4, -0.2) is 52.6 Å². The summed E-state index contributed by atoms with van der Waals surface area (Å²) in [5.74, 6) is -0.0701. The molecule has 1 saturated heterocycles. The van der Waals surface area contributed by atoms with E-state index in [1.807, 2.05) is 36.4 Å². The van der Waals surface area contributed by atoms with E-state index in [1.165, 1.54) is 5.69 Å². The van der Waals surface area contributed by atoms with Crippen molar-refractivity contribution in [1.82, 2.24) is 4.90 Å². The minimum Gasteiger partial charge on any atom is -0.369 e. The first-order valence-electron chi connectivity index (χ1n) is 9.66. The molecule has 0 atom stereocenters. The van der Waals surface area contributed by atoms with E-state index in [4.69, 9.17) is 15.8 Å². The van der Waals surface area contributed by atoms with Crippen LogP contribution in [0.5, 0.6) is 0 Å². The molecule has 2 aromatic carbocycles. The van der Waals surface area contributed by atoms with Gasteiger partial charge in [-0.1, -0.05) is 48.0 Å². The highest BCUT2D eigenvalue weighted by Gasteiger charge is 2.17. The van der Waals surface area contributed by atoms with Gasteiger partial charge in [0.2, 0.25) is 0 Å². The second-order valence-corrected chi connectivity index (χ2v) is 9.10. The molecule has 1 fully saturated rings. The Labute approximate surface area is 173 Å². The highest BCUT2D eigenvalue weighted by molar-refractivity contribution is 7.85. The summed E-state index contributed by atoms with van der Waals surface area (Å²) in [7, 11) is -3.51. The van der Waals surface area contributed by atoms with Crippen LogP contribution < -0.4 is 4.90 Å². The summed E-state index contributed by atoms with van der Waals surface area (Å²) in [4.78, 5) is 4.77. The Balaban J connectivity index is 1.31. The molecule has 0 aliphatic carbocycles. The van der Waals surface area contributed by atoms with E-state index in [0.717, 1.165) is 56.2 Å². The molecule has 0 radical (unpaired) electrons. The van der Waals surface area contributed by atoms with Gasteiger partial charge >= 0.3 is 0 Å². The molecule has 2 aromatic rings. The predicted octanol–water partition coefficient (Wildman–Crippen LogP) is 3.79. The Morgan fingerprint density at radius 2 is 1.68 bits per heavy atom. The van der Waals surface area contributed by atoms with Crippen LogP contribution in [0.4, 0.5) is 5.69 Å². The van der Waals surface area contributed by atoms with E-state index in [0.29, 0.717) is 0 Å². The normalized spacial score (nSPS) is 15.7. The van der Waals surface area contributed by atoms with Gasteiger partial charge in [0.1, 0.15) is 5.75 Å². The Kier molecular flexibility index (Phi) is 7.73. The molecule has 0 saturated carbocycles. The number of unbranched alkanes of at least 4 members (excludes halogenated alkanes) is 1. The average Bonchev–Trinajstić information content (AvgIpc) is 2.68. The summed E-state index contributed by atoms with van der Waals surface area (Å²) in [6.45, 7) is 5.16. The highest BCUT2D eigenvalue weighted by Crippen LogP contribution is 2.20. The van der Waals surface area contributed by atoms with Gasteiger partial charge in [-0.25, -0.2) is 0 Å². The van der Waals surface area contributed by atoms with Crippen LogP contribution in [0.15, 0.2) is 54.6 Å². The Hall–Kier alpha value is -1.60. The summed E-state index contributed by atoms with van der Waals surface area (Å²) in [6, 6.07) is 17.1. The molecule has 5 nitrogen and oxygen atoms in total. The van der Waals surface area contributed by atoms with Gasteiger partial charge in [0.15, 0.2) is 0 Å². The van der Waals surface area contributed by atoms with Gasteiger partial charge in [-0.3, -0.25) is 9.08 Å². The van der Waals surface area contributed by atoms with Gasteiger partial charge in [0.25, 0.3) is 10.1 Å². The van der Waals surface area contributed by atoms with Gasteiger partial charge in [0, 0.05) is 36.9 Å². The van der Waals surface area contributed by atoms with Crippen molar-refractivity contribution in [2.75, 3.05) is 44.2 Å². The standard InChI is InChI=1S/C21H27ClN2O3S/c22-20-9-6-10-21(17-20)24-14-12-23(13-15-24)11-4-5-16-27-28(25,26)18-19-7-2-1-3-8-19/h1-3,6-10,17H,4-5,11-16,18H2. The zero-order chi connectivity index (χ0) is 19.8. The molecule has 0 N–H and O–H groups in total. The molecule has 7 heteroatoms. The number of piperazine rings is 1.